The molecule has 0 bridgehead atoms. The van der Waals surface area contributed by atoms with Crippen LogP contribution in [0.1, 0.15) is 26.7 Å². The summed E-state index contributed by atoms with van der Waals surface area (Å²) in [5.74, 6) is 0.367. The summed E-state index contributed by atoms with van der Waals surface area (Å²) in [5, 5.41) is 13.4. The smallest absolute Gasteiger partial charge is 0.185 e. The minimum Gasteiger partial charge on any atom is -0.389 e. The van der Waals surface area contributed by atoms with Crippen LogP contribution in [0.5, 0.6) is 0 Å². The van der Waals surface area contributed by atoms with E-state index in [2.05, 4.69) is 12.2 Å². The van der Waals surface area contributed by atoms with Crippen molar-refractivity contribution in [3.05, 3.63) is 11.6 Å². The van der Waals surface area contributed by atoms with Crippen molar-refractivity contribution < 1.29 is 14.6 Å². The van der Waals surface area contributed by atoms with Gasteiger partial charge in [-0.3, -0.25) is 0 Å². The standard InChI is InChI=1S/C13H21NO3/c1-3-16-13-12(17-13)11-7(2)14-10-5-4-8(15)6-9(10)11/h6-8,10-15H,3-5H2,1-2H3. The van der Waals surface area contributed by atoms with Gasteiger partial charge in [-0.1, -0.05) is 6.08 Å². The summed E-state index contributed by atoms with van der Waals surface area (Å²) in [6.45, 7) is 4.88. The molecular formula is C13H21NO3. The minimum absolute atomic E-state index is 0.0343. The molecule has 4 nitrogen and oxygen atoms in total. The van der Waals surface area contributed by atoms with Crippen LogP contribution >= 0.6 is 0 Å². The van der Waals surface area contributed by atoms with Gasteiger partial charge in [-0.2, -0.15) is 0 Å². The van der Waals surface area contributed by atoms with Gasteiger partial charge >= 0.3 is 0 Å². The number of hydrogen-bond donors (Lipinski definition) is 2. The first-order chi connectivity index (χ1) is 8.20. The quantitative estimate of drug-likeness (QED) is 0.565. The fourth-order valence-corrected chi connectivity index (χ4v) is 3.29. The van der Waals surface area contributed by atoms with Gasteiger partial charge in [-0.25, -0.2) is 0 Å². The molecule has 2 fully saturated rings. The third-order valence-electron chi connectivity index (χ3n) is 4.09. The van der Waals surface area contributed by atoms with Crippen molar-refractivity contribution in [1.82, 2.24) is 5.32 Å². The summed E-state index contributed by atoms with van der Waals surface area (Å²) in [6.07, 6.45) is 3.79. The molecule has 6 atom stereocenters. The zero-order valence-corrected chi connectivity index (χ0v) is 10.4. The Kier molecular flexibility index (Phi) is 2.99. The lowest BCUT2D eigenvalue weighted by molar-refractivity contribution is 0.0592. The summed E-state index contributed by atoms with van der Waals surface area (Å²) in [7, 11) is 0. The number of hydrogen-bond acceptors (Lipinski definition) is 4. The van der Waals surface area contributed by atoms with Crippen LogP contribution in [0.15, 0.2) is 11.6 Å². The molecule has 6 unspecified atom stereocenters. The fourth-order valence-electron chi connectivity index (χ4n) is 3.29. The Morgan fingerprint density at radius 1 is 1.53 bits per heavy atom. The van der Waals surface area contributed by atoms with E-state index in [1.54, 1.807) is 0 Å². The van der Waals surface area contributed by atoms with Gasteiger partial charge in [0.25, 0.3) is 0 Å². The van der Waals surface area contributed by atoms with Crippen LogP contribution in [0, 0.1) is 5.92 Å². The maximum Gasteiger partial charge on any atom is 0.185 e. The summed E-state index contributed by atoms with van der Waals surface area (Å²) < 4.78 is 11.1. The molecule has 2 aliphatic heterocycles. The van der Waals surface area contributed by atoms with Crippen LogP contribution in [-0.4, -0.2) is 42.3 Å². The molecule has 0 aromatic carbocycles. The normalized spacial score (nSPS) is 48.8. The Morgan fingerprint density at radius 2 is 2.35 bits per heavy atom. The third kappa shape index (κ3) is 2.03. The maximum atomic E-state index is 9.76. The largest absolute Gasteiger partial charge is 0.389 e. The molecule has 17 heavy (non-hydrogen) atoms. The second-order valence-corrected chi connectivity index (χ2v) is 5.27. The van der Waals surface area contributed by atoms with Gasteiger partial charge in [0.1, 0.15) is 6.10 Å². The van der Waals surface area contributed by atoms with E-state index < -0.39 is 0 Å². The van der Waals surface area contributed by atoms with Gasteiger partial charge in [0.15, 0.2) is 6.29 Å². The second-order valence-electron chi connectivity index (χ2n) is 5.27. The van der Waals surface area contributed by atoms with Gasteiger partial charge in [-0.15, -0.1) is 0 Å². The maximum absolute atomic E-state index is 9.76. The second kappa shape index (κ2) is 4.35. The van der Waals surface area contributed by atoms with Crippen molar-refractivity contribution >= 4 is 0 Å². The molecule has 2 heterocycles. The molecule has 4 heteroatoms. The average molecular weight is 239 g/mol. The molecule has 0 aromatic rings. The molecule has 0 radical (unpaired) electrons. The monoisotopic (exact) mass is 239 g/mol. The molecular weight excluding hydrogens is 218 g/mol. The first-order valence-electron chi connectivity index (χ1n) is 6.63. The van der Waals surface area contributed by atoms with Crippen LogP contribution in [0.2, 0.25) is 0 Å². The molecule has 2 saturated heterocycles. The number of epoxide rings is 1. The van der Waals surface area contributed by atoms with E-state index in [0.717, 1.165) is 12.8 Å². The number of rotatable bonds is 3. The average Bonchev–Trinajstić information content (AvgIpc) is 2.94. The number of aliphatic hydroxyl groups is 1. The highest BCUT2D eigenvalue weighted by atomic mass is 16.8. The van der Waals surface area contributed by atoms with E-state index in [4.69, 9.17) is 9.47 Å². The van der Waals surface area contributed by atoms with Crippen molar-refractivity contribution in [1.29, 1.82) is 0 Å². The van der Waals surface area contributed by atoms with Gasteiger partial charge in [0.2, 0.25) is 0 Å². The minimum atomic E-state index is -0.278. The van der Waals surface area contributed by atoms with E-state index in [-0.39, 0.29) is 18.5 Å². The van der Waals surface area contributed by atoms with Crippen LogP contribution in [0.25, 0.3) is 0 Å². The zero-order chi connectivity index (χ0) is 12.0. The number of aliphatic hydroxyl groups excluding tert-OH is 1. The van der Waals surface area contributed by atoms with Crippen LogP contribution in [0.4, 0.5) is 0 Å². The van der Waals surface area contributed by atoms with Crippen LogP contribution < -0.4 is 5.32 Å². The first kappa shape index (κ1) is 11.7. The lowest BCUT2D eigenvalue weighted by Gasteiger charge is -2.22. The molecule has 2 N–H and O–H groups in total. The van der Waals surface area contributed by atoms with Crippen molar-refractivity contribution in [2.24, 2.45) is 5.92 Å². The van der Waals surface area contributed by atoms with Crippen LogP contribution in [-0.2, 0) is 9.47 Å². The van der Waals surface area contributed by atoms with Crippen molar-refractivity contribution in [2.45, 2.75) is 57.3 Å². The van der Waals surface area contributed by atoms with Crippen molar-refractivity contribution in [3.8, 4) is 0 Å². The molecule has 3 rings (SSSR count). The number of nitrogens with one attached hydrogen (secondary N) is 1. The lowest BCUT2D eigenvalue weighted by Crippen LogP contribution is -2.31. The van der Waals surface area contributed by atoms with E-state index in [1.165, 1.54) is 5.57 Å². The van der Waals surface area contributed by atoms with E-state index in [0.29, 0.717) is 24.6 Å². The lowest BCUT2D eigenvalue weighted by atomic mass is 9.84. The first-order valence-corrected chi connectivity index (χ1v) is 6.63. The predicted octanol–water partition coefficient (Wildman–Crippen LogP) is 0.805. The molecule has 0 spiro atoms. The molecule has 1 aliphatic carbocycles. The summed E-state index contributed by atoms with van der Waals surface area (Å²) >= 11 is 0. The summed E-state index contributed by atoms with van der Waals surface area (Å²) in [4.78, 5) is 0. The third-order valence-corrected chi connectivity index (χ3v) is 4.09. The Labute approximate surface area is 102 Å². The summed E-state index contributed by atoms with van der Waals surface area (Å²) in [6, 6.07) is 0.844. The Hall–Kier alpha value is -0.420. The molecule has 0 aromatic heterocycles. The van der Waals surface area contributed by atoms with Gasteiger partial charge in [-0.05, 0) is 32.3 Å². The van der Waals surface area contributed by atoms with Gasteiger partial charge in [0, 0.05) is 24.6 Å². The van der Waals surface area contributed by atoms with Gasteiger partial charge in [0.05, 0.1) is 6.10 Å². The highest BCUT2D eigenvalue weighted by Gasteiger charge is 2.53. The Bertz CT molecular complexity index is 331. The van der Waals surface area contributed by atoms with E-state index in [9.17, 15) is 5.11 Å². The van der Waals surface area contributed by atoms with Crippen molar-refractivity contribution in [2.75, 3.05) is 6.61 Å². The Balaban J connectivity index is 1.75. The van der Waals surface area contributed by atoms with E-state index in [1.807, 2.05) is 13.0 Å². The number of fused-ring (bicyclic) bond motifs is 1. The van der Waals surface area contributed by atoms with Crippen LogP contribution in [0.3, 0.4) is 0 Å². The number of ether oxygens (including phenoxy) is 2. The summed E-state index contributed by atoms with van der Waals surface area (Å²) in [5.41, 5.74) is 1.34. The fraction of sp³-hybridized carbons (Fsp3) is 0.846. The highest BCUT2D eigenvalue weighted by Crippen LogP contribution is 2.43. The SMILES string of the molecule is CCOC1OC1C1C2=CC(O)CCC2NC1C. The molecule has 3 aliphatic rings. The molecule has 0 saturated carbocycles. The van der Waals surface area contributed by atoms with E-state index >= 15 is 0 Å². The van der Waals surface area contributed by atoms with Crippen molar-refractivity contribution in [3.63, 3.8) is 0 Å². The predicted molar refractivity (Wildman–Crippen MR) is 63.5 cm³/mol. The highest BCUT2D eigenvalue weighted by molar-refractivity contribution is 5.29. The van der Waals surface area contributed by atoms with Gasteiger partial charge < -0.3 is 19.9 Å². The Morgan fingerprint density at radius 3 is 3.12 bits per heavy atom. The molecule has 96 valence electrons. The molecule has 0 amide bonds. The topological polar surface area (TPSA) is 54.0 Å². The zero-order valence-electron chi connectivity index (χ0n) is 10.4.